The zero-order valence-electron chi connectivity index (χ0n) is 21.4. The molecule has 0 aromatic heterocycles. The van der Waals surface area contributed by atoms with Crippen LogP contribution in [0.25, 0.3) is 10.8 Å². The van der Waals surface area contributed by atoms with E-state index in [-0.39, 0.29) is 12.0 Å². The highest BCUT2D eigenvalue weighted by molar-refractivity contribution is 5.82. The lowest BCUT2D eigenvalue weighted by Crippen LogP contribution is -2.46. The highest BCUT2D eigenvalue weighted by Crippen LogP contribution is 2.32. The van der Waals surface area contributed by atoms with Gasteiger partial charge in [-0.05, 0) is 52.1 Å². The Balaban J connectivity index is 1.17. The molecule has 0 spiro atoms. The first-order chi connectivity index (χ1) is 18.7. The van der Waals surface area contributed by atoms with Gasteiger partial charge in [0.05, 0.1) is 32.5 Å². The van der Waals surface area contributed by atoms with Gasteiger partial charge in [-0.15, -0.1) is 0 Å². The summed E-state index contributed by atoms with van der Waals surface area (Å²) in [6.07, 6.45) is -0.392. The van der Waals surface area contributed by atoms with Crippen molar-refractivity contribution in [2.45, 2.75) is 31.7 Å². The van der Waals surface area contributed by atoms with Crippen LogP contribution in [0.3, 0.4) is 0 Å². The van der Waals surface area contributed by atoms with Crippen LogP contribution in [0.5, 0.6) is 5.75 Å². The number of likely N-dealkylation sites (tertiary alicyclic amines) is 1. The molecule has 2 atom stereocenters. The van der Waals surface area contributed by atoms with E-state index < -0.39 is 6.09 Å². The number of carbonyl (C=O) groups is 1. The number of ether oxygens (including phenoxy) is 3. The van der Waals surface area contributed by atoms with Crippen molar-refractivity contribution >= 4 is 16.9 Å². The first-order valence-electron chi connectivity index (χ1n) is 13.1. The van der Waals surface area contributed by atoms with E-state index in [9.17, 15) is 9.90 Å². The number of piperidine rings is 1. The SMILES string of the molecule is O=C(O)N1CCC(c2ccc(COCCOc3ccccc3)cc2)C(OCc2ccc3ccccc3c2)C1. The molecule has 1 heterocycles. The van der Waals surface area contributed by atoms with E-state index in [1.165, 1.54) is 15.7 Å². The van der Waals surface area contributed by atoms with E-state index in [1.807, 2.05) is 42.5 Å². The van der Waals surface area contributed by atoms with Gasteiger partial charge in [-0.2, -0.15) is 0 Å². The number of amides is 1. The van der Waals surface area contributed by atoms with Crippen molar-refractivity contribution in [3.8, 4) is 5.75 Å². The van der Waals surface area contributed by atoms with E-state index >= 15 is 0 Å². The summed E-state index contributed by atoms with van der Waals surface area (Å²) in [5.41, 5.74) is 3.33. The summed E-state index contributed by atoms with van der Waals surface area (Å²) in [5.74, 6) is 0.965. The van der Waals surface area contributed by atoms with Crippen molar-refractivity contribution in [3.63, 3.8) is 0 Å². The van der Waals surface area contributed by atoms with Gasteiger partial charge in [-0.1, -0.05) is 78.9 Å². The van der Waals surface area contributed by atoms with Gasteiger partial charge >= 0.3 is 6.09 Å². The molecule has 1 aliphatic heterocycles. The quantitative estimate of drug-likeness (QED) is 0.247. The summed E-state index contributed by atoms with van der Waals surface area (Å²) < 4.78 is 17.8. The first kappa shape index (κ1) is 25.8. The van der Waals surface area contributed by atoms with Crippen LogP contribution in [0.1, 0.15) is 29.0 Å². The molecule has 0 radical (unpaired) electrons. The molecule has 6 nitrogen and oxygen atoms in total. The lowest BCUT2D eigenvalue weighted by Gasteiger charge is -2.37. The van der Waals surface area contributed by atoms with Crippen molar-refractivity contribution in [2.24, 2.45) is 0 Å². The fourth-order valence-electron chi connectivity index (χ4n) is 4.96. The van der Waals surface area contributed by atoms with Crippen LogP contribution in [-0.2, 0) is 22.7 Å². The van der Waals surface area contributed by atoms with E-state index in [0.717, 1.165) is 28.9 Å². The van der Waals surface area contributed by atoms with Crippen molar-refractivity contribution < 1.29 is 24.1 Å². The minimum Gasteiger partial charge on any atom is -0.491 e. The summed E-state index contributed by atoms with van der Waals surface area (Å²) in [6.45, 7) is 2.83. The third kappa shape index (κ3) is 6.71. The lowest BCUT2D eigenvalue weighted by atomic mass is 9.86. The Bertz CT molecular complexity index is 1320. The van der Waals surface area contributed by atoms with Gasteiger partial charge in [0.15, 0.2) is 0 Å². The van der Waals surface area contributed by atoms with Gasteiger partial charge < -0.3 is 24.2 Å². The number of fused-ring (bicyclic) bond motifs is 1. The van der Waals surface area contributed by atoms with Gasteiger partial charge in [0, 0.05) is 12.5 Å². The maximum Gasteiger partial charge on any atom is 0.407 e. The number of nitrogens with zero attached hydrogens (tertiary/aromatic N) is 1. The molecule has 1 N–H and O–H groups in total. The minimum atomic E-state index is -0.897. The maximum absolute atomic E-state index is 11.7. The topological polar surface area (TPSA) is 68.2 Å². The second kappa shape index (κ2) is 12.6. The van der Waals surface area contributed by atoms with Crippen molar-refractivity contribution in [2.75, 3.05) is 26.3 Å². The van der Waals surface area contributed by atoms with Crippen LogP contribution in [0.15, 0.2) is 97.1 Å². The number of rotatable bonds is 10. The zero-order valence-corrected chi connectivity index (χ0v) is 21.4. The van der Waals surface area contributed by atoms with Crippen LogP contribution >= 0.6 is 0 Å². The highest BCUT2D eigenvalue weighted by Gasteiger charge is 2.33. The minimum absolute atomic E-state index is 0.125. The van der Waals surface area contributed by atoms with Gasteiger partial charge in [0.2, 0.25) is 0 Å². The smallest absolute Gasteiger partial charge is 0.407 e. The van der Waals surface area contributed by atoms with Gasteiger partial charge in [0.25, 0.3) is 0 Å². The predicted molar refractivity (Wildman–Crippen MR) is 148 cm³/mol. The van der Waals surface area contributed by atoms with Crippen molar-refractivity contribution in [3.05, 3.63) is 114 Å². The van der Waals surface area contributed by atoms with Crippen LogP contribution in [-0.4, -0.2) is 48.5 Å². The summed E-state index contributed by atoms with van der Waals surface area (Å²) in [5, 5.41) is 11.9. The summed E-state index contributed by atoms with van der Waals surface area (Å²) >= 11 is 0. The number of hydrogen-bond donors (Lipinski definition) is 1. The van der Waals surface area contributed by atoms with Crippen molar-refractivity contribution in [1.82, 2.24) is 4.90 Å². The molecule has 1 aliphatic rings. The lowest BCUT2D eigenvalue weighted by molar-refractivity contribution is -0.0199. The summed E-state index contributed by atoms with van der Waals surface area (Å²) in [4.78, 5) is 13.1. The Morgan fingerprint density at radius 2 is 1.55 bits per heavy atom. The molecule has 1 fully saturated rings. The molecule has 38 heavy (non-hydrogen) atoms. The average molecular weight is 512 g/mol. The van der Waals surface area contributed by atoms with Crippen LogP contribution in [0.4, 0.5) is 4.79 Å². The van der Waals surface area contributed by atoms with Crippen LogP contribution in [0.2, 0.25) is 0 Å². The fourth-order valence-corrected chi connectivity index (χ4v) is 4.96. The van der Waals surface area contributed by atoms with Gasteiger partial charge in [-0.25, -0.2) is 4.79 Å². The normalized spacial score (nSPS) is 17.4. The second-order valence-electron chi connectivity index (χ2n) is 9.61. The molecule has 196 valence electrons. The molecule has 0 aliphatic carbocycles. The third-order valence-corrected chi connectivity index (χ3v) is 7.02. The van der Waals surface area contributed by atoms with E-state index in [0.29, 0.717) is 39.5 Å². The largest absolute Gasteiger partial charge is 0.491 e. The molecule has 0 saturated carbocycles. The van der Waals surface area contributed by atoms with Crippen LogP contribution < -0.4 is 4.74 Å². The molecule has 1 saturated heterocycles. The second-order valence-corrected chi connectivity index (χ2v) is 9.61. The van der Waals surface area contributed by atoms with Gasteiger partial charge in [-0.3, -0.25) is 0 Å². The molecule has 1 amide bonds. The zero-order chi connectivity index (χ0) is 26.2. The Kier molecular flexibility index (Phi) is 8.53. The summed E-state index contributed by atoms with van der Waals surface area (Å²) in [7, 11) is 0. The number of para-hydroxylation sites is 1. The third-order valence-electron chi connectivity index (χ3n) is 7.02. The molecule has 4 aromatic rings. The van der Waals surface area contributed by atoms with E-state index in [1.54, 1.807) is 0 Å². The first-order valence-corrected chi connectivity index (χ1v) is 13.1. The van der Waals surface area contributed by atoms with Crippen LogP contribution in [0, 0.1) is 0 Å². The Morgan fingerprint density at radius 1 is 0.816 bits per heavy atom. The Morgan fingerprint density at radius 3 is 2.34 bits per heavy atom. The highest BCUT2D eigenvalue weighted by atomic mass is 16.5. The van der Waals surface area contributed by atoms with E-state index in [4.69, 9.17) is 14.2 Å². The number of benzene rings is 4. The monoisotopic (exact) mass is 511 g/mol. The number of carboxylic acid groups (broad SMARTS) is 1. The number of hydrogen-bond acceptors (Lipinski definition) is 4. The molecule has 2 unspecified atom stereocenters. The van der Waals surface area contributed by atoms with Crippen molar-refractivity contribution in [1.29, 1.82) is 0 Å². The predicted octanol–water partition coefficient (Wildman–Crippen LogP) is 6.49. The standard InChI is InChI=1S/C32H33NO5/c34-32(35)33-17-16-30(31(21-33)38-23-25-12-13-26-6-4-5-7-28(26)20-25)27-14-10-24(11-15-27)22-36-18-19-37-29-8-2-1-3-9-29/h1-15,20,30-31H,16-19,21-23H2,(H,34,35). The van der Waals surface area contributed by atoms with E-state index in [2.05, 4.69) is 54.6 Å². The van der Waals surface area contributed by atoms with Gasteiger partial charge in [0.1, 0.15) is 12.4 Å². The molecule has 5 rings (SSSR count). The molecule has 4 aromatic carbocycles. The Labute approximate surface area is 223 Å². The molecular formula is C32H33NO5. The summed E-state index contributed by atoms with van der Waals surface area (Å²) in [6, 6.07) is 32.7. The maximum atomic E-state index is 11.7. The molecular weight excluding hydrogens is 478 g/mol. The Hall–Kier alpha value is -3.87. The average Bonchev–Trinajstić information content (AvgIpc) is 2.96. The fraction of sp³-hybridized carbons (Fsp3) is 0.281. The molecule has 6 heteroatoms. The molecule has 0 bridgehead atoms.